The highest BCUT2D eigenvalue weighted by atomic mass is 19.1. The van der Waals surface area contributed by atoms with Crippen molar-refractivity contribution < 1.29 is 47.2 Å². The lowest BCUT2D eigenvalue weighted by atomic mass is 9.99. The minimum Gasteiger partial charge on any atom is -0.497 e. The summed E-state index contributed by atoms with van der Waals surface area (Å²) in [6.07, 6.45) is -7.11. The average Bonchev–Trinajstić information content (AvgIpc) is 2.83. The van der Waals surface area contributed by atoms with Gasteiger partial charge in [0, 0.05) is 27.2 Å². The number of para-hydroxylation sites is 1. The maximum atomic E-state index is 15.3. The molecule has 9 nitrogen and oxygen atoms in total. The van der Waals surface area contributed by atoms with E-state index in [1.54, 1.807) is 19.2 Å². The van der Waals surface area contributed by atoms with E-state index in [0.29, 0.717) is 12.2 Å². The van der Waals surface area contributed by atoms with Gasteiger partial charge in [0.15, 0.2) is 12.3 Å². The van der Waals surface area contributed by atoms with Gasteiger partial charge >= 0.3 is 17.9 Å². The number of rotatable bonds is 9. The van der Waals surface area contributed by atoms with Crippen molar-refractivity contribution in [2.24, 2.45) is 0 Å². The Bertz CT molecular complexity index is 1060. The van der Waals surface area contributed by atoms with Gasteiger partial charge in [-0.2, -0.15) is 0 Å². The molecule has 10 heteroatoms. The van der Waals surface area contributed by atoms with Gasteiger partial charge < -0.3 is 28.4 Å². The zero-order valence-electron chi connectivity index (χ0n) is 20.5. The number of alkyl halides is 1. The van der Waals surface area contributed by atoms with E-state index in [1.807, 2.05) is 36.4 Å². The molecule has 2 aromatic carbocycles. The van der Waals surface area contributed by atoms with Crippen LogP contribution in [0.2, 0.25) is 0 Å². The number of hydrogen-bond donors (Lipinski definition) is 0. The summed E-state index contributed by atoms with van der Waals surface area (Å²) in [6.45, 7) is 2.96. The van der Waals surface area contributed by atoms with E-state index in [9.17, 15) is 14.4 Å². The molecule has 0 radical (unpaired) electrons. The Kier molecular flexibility index (Phi) is 9.24. The van der Waals surface area contributed by atoms with Crippen LogP contribution in [0, 0.1) is 0 Å². The lowest BCUT2D eigenvalue weighted by Crippen LogP contribution is -2.61. The van der Waals surface area contributed by atoms with E-state index in [1.165, 1.54) is 6.92 Å². The fourth-order valence-electron chi connectivity index (χ4n) is 3.79. The largest absolute Gasteiger partial charge is 0.497 e. The SMILES string of the molecule is COc1ccc(Cc2ccccc2OC2OC(COC(C)=O)C(F)C(OC(C)=O)C2OC(C)=O)cc1. The molecule has 2 aromatic rings. The molecule has 1 saturated heterocycles. The molecule has 1 aliphatic heterocycles. The van der Waals surface area contributed by atoms with Gasteiger partial charge in [0.05, 0.1) is 7.11 Å². The number of esters is 3. The molecule has 0 saturated carbocycles. The Morgan fingerprint density at radius 2 is 1.53 bits per heavy atom. The molecular weight excluding hydrogens is 475 g/mol. The third kappa shape index (κ3) is 7.17. The van der Waals surface area contributed by atoms with E-state index >= 15 is 4.39 Å². The van der Waals surface area contributed by atoms with Crippen molar-refractivity contribution in [3.05, 3.63) is 59.7 Å². The number of ether oxygens (including phenoxy) is 6. The van der Waals surface area contributed by atoms with Crippen LogP contribution in [0.4, 0.5) is 4.39 Å². The standard InChI is InChI=1S/C26H29FO9/c1-15(28)32-14-22-23(27)24(33-16(2)29)25(34-17(3)30)26(36-22)35-21-8-6-5-7-19(21)13-18-9-11-20(31-4)12-10-18/h5-12,22-26H,13-14H2,1-4H3. The fourth-order valence-corrected chi connectivity index (χ4v) is 3.79. The van der Waals surface area contributed by atoms with Crippen LogP contribution in [-0.4, -0.2) is 62.4 Å². The first-order valence-corrected chi connectivity index (χ1v) is 11.3. The van der Waals surface area contributed by atoms with E-state index in [4.69, 9.17) is 28.4 Å². The van der Waals surface area contributed by atoms with Crippen molar-refractivity contribution in [2.75, 3.05) is 13.7 Å². The molecule has 0 bridgehead atoms. The first-order chi connectivity index (χ1) is 17.2. The molecule has 3 rings (SSSR count). The van der Waals surface area contributed by atoms with Crippen LogP contribution in [0.5, 0.6) is 11.5 Å². The normalized spacial score (nSPS) is 23.3. The molecule has 0 N–H and O–H groups in total. The molecule has 36 heavy (non-hydrogen) atoms. The second-order valence-electron chi connectivity index (χ2n) is 8.19. The molecule has 0 spiro atoms. The van der Waals surface area contributed by atoms with Crippen LogP contribution in [0.3, 0.4) is 0 Å². The van der Waals surface area contributed by atoms with Crippen LogP contribution in [0.25, 0.3) is 0 Å². The van der Waals surface area contributed by atoms with Gasteiger partial charge in [0.1, 0.15) is 24.2 Å². The number of carbonyl (C=O) groups is 3. The minimum atomic E-state index is -1.95. The third-order valence-corrected chi connectivity index (χ3v) is 5.39. The van der Waals surface area contributed by atoms with Crippen molar-refractivity contribution >= 4 is 17.9 Å². The highest BCUT2D eigenvalue weighted by molar-refractivity contribution is 5.67. The van der Waals surface area contributed by atoms with Crippen molar-refractivity contribution in [1.29, 1.82) is 0 Å². The highest BCUT2D eigenvalue weighted by Crippen LogP contribution is 2.32. The average molecular weight is 505 g/mol. The van der Waals surface area contributed by atoms with E-state index in [-0.39, 0.29) is 0 Å². The lowest BCUT2D eigenvalue weighted by molar-refractivity contribution is -0.275. The van der Waals surface area contributed by atoms with Crippen molar-refractivity contribution in [2.45, 2.75) is 58.0 Å². The first-order valence-electron chi connectivity index (χ1n) is 11.3. The fraction of sp³-hybridized carbons (Fsp3) is 0.423. The molecule has 0 aromatic heterocycles. The molecule has 1 aliphatic rings. The summed E-state index contributed by atoms with van der Waals surface area (Å²) >= 11 is 0. The van der Waals surface area contributed by atoms with Crippen LogP contribution in [0.1, 0.15) is 31.9 Å². The van der Waals surface area contributed by atoms with Gasteiger partial charge in [-0.3, -0.25) is 14.4 Å². The molecule has 0 aliphatic carbocycles. The quantitative estimate of drug-likeness (QED) is 0.376. The number of methoxy groups -OCH3 is 1. The summed E-state index contributed by atoms with van der Waals surface area (Å²) in [6, 6.07) is 14.6. The third-order valence-electron chi connectivity index (χ3n) is 5.39. The predicted molar refractivity (Wildman–Crippen MR) is 124 cm³/mol. The Balaban J connectivity index is 1.90. The number of hydrogen-bond acceptors (Lipinski definition) is 9. The van der Waals surface area contributed by atoms with Gasteiger partial charge in [0.25, 0.3) is 0 Å². The van der Waals surface area contributed by atoms with Crippen LogP contribution < -0.4 is 9.47 Å². The maximum absolute atomic E-state index is 15.3. The topological polar surface area (TPSA) is 107 Å². The first kappa shape index (κ1) is 26.9. The summed E-state index contributed by atoms with van der Waals surface area (Å²) in [5.74, 6) is -1.06. The molecule has 5 atom stereocenters. The van der Waals surface area contributed by atoms with E-state index in [0.717, 1.165) is 30.7 Å². The Labute approximate surface area is 208 Å². The van der Waals surface area contributed by atoms with Crippen molar-refractivity contribution in [3.8, 4) is 11.5 Å². The van der Waals surface area contributed by atoms with Crippen LogP contribution >= 0.6 is 0 Å². The monoisotopic (exact) mass is 504 g/mol. The molecule has 1 heterocycles. The van der Waals surface area contributed by atoms with Crippen LogP contribution in [0.15, 0.2) is 48.5 Å². The van der Waals surface area contributed by atoms with Crippen LogP contribution in [-0.2, 0) is 39.8 Å². The molecule has 5 unspecified atom stereocenters. The van der Waals surface area contributed by atoms with Gasteiger partial charge in [-0.25, -0.2) is 4.39 Å². The van der Waals surface area contributed by atoms with Gasteiger partial charge in [0.2, 0.25) is 12.4 Å². The second-order valence-corrected chi connectivity index (χ2v) is 8.19. The number of carbonyl (C=O) groups excluding carboxylic acids is 3. The predicted octanol–water partition coefficient (Wildman–Crippen LogP) is 3.15. The van der Waals surface area contributed by atoms with E-state index < -0.39 is 55.3 Å². The van der Waals surface area contributed by atoms with Gasteiger partial charge in [-0.15, -0.1) is 0 Å². The lowest BCUT2D eigenvalue weighted by Gasteiger charge is -2.41. The maximum Gasteiger partial charge on any atom is 0.303 e. The smallest absolute Gasteiger partial charge is 0.303 e. The summed E-state index contributed by atoms with van der Waals surface area (Å²) in [5, 5.41) is 0. The minimum absolute atomic E-state index is 0.389. The molecule has 194 valence electrons. The van der Waals surface area contributed by atoms with Gasteiger partial charge in [-0.05, 0) is 29.3 Å². The Hall–Kier alpha value is -3.66. The van der Waals surface area contributed by atoms with Crippen molar-refractivity contribution in [1.82, 2.24) is 0 Å². The van der Waals surface area contributed by atoms with Crippen molar-refractivity contribution in [3.63, 3.8) is 0 Å². The number of halogens is 1. The summed E-state index contributed by atoms with van der Waals surface area (Å²) < 4.78 is 47.7. The highest BCUT2D eigenvalue weighted by Gasteiger charge is 2.52. The summed E-state index contributed by atoms with van der Waals surface area (Å²) in [7, 11) is 1.58. The number of benzene rings is 2. The van der Waals surface area contributed by atoms with E-state index in [2.05, 4.69) is 0 Å². The zero-order valence-corrected chi connectivity index (χ0v) is 20.5. The second kappa shape index (κ2) is 12.3. The summed E-state index contributed by atoms with van der Waals surface area (Å²) in [4.78, 5) is 34.9. The van der Waals surface area contributed by atoms with Gasteiger partial charge in [-0.1, -0.05) is 30.3 Å². The molecule has 1 fully saturated rings. The molecule has 0 amide bonds. The Morgan fingerprint density at radius 3 is 2.14 bits per heavy atom. The molecular formula is C26H29FO9. The summed E-state index contributed by atoms with van der Waals surface area (Å²) in [5.41, 5.74) is 1.75. The zero-order chi connectivity index (χ0) is 26.2. The Morgan fingerprint density at radius 1 is 0.889 bits per heavy atom.